The van der Waals surface area contributed by atoms with Gasteiger partial charge in [0.2, 0.25) is 5.13 Å². The van der Waals surface area contributed by atoms with Crippen LogP contribution in [0.4, 0.5) is 5.13 Å². The van der Waals surface area contributed by atoms with Crippen LogP contribution in [0, 0.1) is 0 Å². The summed E-state index contributed by atoms with van der Waals surface area (Å²) in [7, 11) is 0. The van der Waals surface area contributed by atoms with Crippen LogP contribution in [0.15, 0.2) is 65.1 Å². The first kappa shape index (κ1) is 19.3. The second kappa shape index (κ2) is 10.6. The quantitative estimate of drug-likeness (QED) is 0.268. The molecule has 0 fully saturated rings. The van der Waals surface area contributed by atoms with Gasteiger partial charge < -0.3 is 4.74 Å². The number of thiazole rings is 1. The molecule has 0 saturated heterocycles. The van der Waals surface area contributed by atoms with E-state index in [1.54, 1.807) is 11.3 Å². The molecule has 4 nitrogen and oxygen atoms in total. The molecule has 0 unspecified atom stereocenters. The Labute approximate surface area is 164 Å². The van der Waals surface area contributed by atoms with Crippen molar-refractivity contribution in [3.63, 3.8) is 0 Å². The maximum atomic E-state index is 5.73. The Morgan fingerprint density at radius 1 is 1.11 bits per heavy atom. The van der Waals surface area contributed by atoms with Crippen molar-refractivity contribution in [2.24, 2.45) is 5.10 Å². The zero-order valence-corrected chi connectivity index (χ0v) is 16.4. The number of rotatable bonds is 10. The fraction of sp³-hybridized carbons (Fsp3) is 0.273. The van der Waals surface area contributed by atoms with Crippen LogP contribution in [-0.4, -0.2) is 17.8 Å². The maximum Gasteiger partial charge on any atom is 0.203 e. The lowest BCUT2D eigenvalue weighted by molar-refractivity contribution is 0.117. The van der Waals surface area contributed by atoms with E-state index >= 15 is 0 Å². The summed E-state index contributed by atoms with van der Waals surface area (Å²) in [5, 5.41) is 7.12. The first-order valence-electron chi connectivity index (χ1n) is 9.32. The number of unbranched alkanes of at least 4 members (excludes halogenated alkanes) is 2. The topological polar surface area (TPSA) is 46.5 Å². The van der Waals surface area contributed by atoms with E-state index in [2.05, 4.69) is 46.7 Å². The van der Waals surface area contributed by atoms with E-state index in [0.29, 0.717) is 6.61 Å². The third kappa shape index (κ3) is 6.31. The van der Waals surface area contributed by atoms with Crippen LogP contribution < -0.4 is 5.43 Å². The first-order chi connectivity index (χ1) is 13.3. The number of benzene rings is 2. The molecule has 0 spiro atoms. The second-order valence-electron chi connectivity index (χ2n) is 6.28. The van der Waals surface area contributed by atoms with Crippen molar-refractivity contribution in [3.05, 3.63) is 71.1 Å². The summed E-state index contributed by atoms with van der Waals surface area (Å²) in [6.07, 6.45) is 5.37. The average Bonchev–Trinajstić information content (AvgIpc) is 3.18. The summed E-state index contributed by atoms with van der Waals surface area (Å²) in [6, 6.07) is 18.4. The number of ether oxygens (including phenoxy) is 1. The SMILES string of the molecule is CCCCCOCc1cccc(C=NNc2nc(-c3ccccc3)cs2)c1. The van der Waals surface area contributed by atoms with Crippen LogP contribution in [-0.2, 0) is 11.3 Å². The second-order valence-corrected chi connectivity index (χ2v) is 7.14. The minimum absolute atomic E-state index is 0.645. The highest BCUT2D eigenvalue weighted by atomic mass is 32.1. The number of nitrogens with zero attached hydrogens (tertiary/aromatic N) is 2. The maximum absolute atomic E-state index is 5.73. The first-order valence-corrected chi connectivity index (χ1v) is 10.2. The van der Waals surface area contributed by atoms with Gasteiger partial charge in [0.15, 0.2) is 0 Å². The fourth-order valence-electron chi connectivity index (χ4n) is 2.64. The summed E-state index contributed by atoms with van der Waals surface area (Å²) >= 11 is 1.54. The monoisotopic (exact) mass is 379 g/mol. The number of hydrazone groups is 1. The molecule has 0 saturated carbocycles. The Morgan fingerprint density at radius 3 is 2.85 bits per heavy atom. The molecule has 0 aliphatic carbocycles. The molecule has 0 radical (unpaired) electrons. The zero-order chi connectivity index (χ0) is 18.7. The smallest absolute Gasteiger partial charge is 0.203 e. The van der Waals surface area contributed by atoms with Crippen molar-refractivity contribution in [2.75, 3.05) is 12.0 Å². The molecular formula is C22H25N3OS. The van der Waals surface area contributed by atoms with Gasteiger partial charge in [-0.2, -0.15) is 5.10 Å². The minimum Gasteiger partial charge on any atom is -0.377 e. The molecule has 140 valence electrons. The van der Waals surface area contributed by atoms with Crippen LogP contribution in [0.25, 0.3) is 11.3 Å². The zero-order valence-electron chi connectivity index (χ0n) is 15.6. The Kier molecular flexibility index (Phi) is 7.56. The van der Waals surface area contributed by atoms with E-state index in [1.165, 1.54) is 12.8 Å². The summed E-state index contributed by atoms with van der Waals surface area (Å²) < 4.78 is 5.73. The number of aromatic nitrogens is 1. The van der Waals surface area contributed by atoms with Gasteiger partial charge in [0.05, 0.1) is 18.5 Å². The van der Waals surface area contributed by atoms with Gasteiger partial charge in [-0.3, -0.25) is 5.43 Å². The Morgan fingerprint density at radius 2 is 2.00 bits per heavy atom. The molecule has 0 amide bonds. The molecule has 0 aliphatic heterocycles. The van der Waals surface area contributed by atoms with E-state index in [1.807, 2.05) is 41.9 Å². The van der Waals surface area contributed by atoms with Gasteiger partial charge in [-0.1, -0.05) is 68.3 Å². The van der Waals surface area contributed by atoms with Gasteiger partial charge >= 0.3 is 0 Å². The minimum atomic E-state index is 0.645. The van der Waals surface area contributed by atoms with Crippen molar-refractivity contribution in [1.82, 2.24) is 4.98 Å². The number of hydrogen-bond acceptors (Lipinski definition) is 5. The lowest BCUT2D eigenvalue weighted by atomic mass is 10.1. The van der Waals surface area contributed by atoms with E-state index < -0.39 is 0 Å². The van der Waals surface area contributed by atoms with Crippen molar-refractivity contribution < 1.29 is 4.74 Å². The lowest BCUT2D eigenvalue weighted by Gasteiger charge is -2.04. The van der Waals surface area contributed by atoms with Crippen LogP contribution in [0.3, 0.4) is 0 Å². The molecule has 27 heavy (non-hydrogen) atoms. The van der Waals surface area contributed by atoms with Crippen molar-refractivity contribution >= 4 is 22.7 Å². The molecule has 1 aromatic heterocycles. The summed E-state index contributed by atoms with van der Waals surface area (Å²) in [5.41, 5.74) is 7.28. The van der Waals surface area contributed by atoms with Gasteiger partial charge in [0.1, 0.15) is 0 Å². The lowest BCUT2D eigenvalue weighted by Crippen LogP contribution is -1.96. The van der Waals surface area contributed by atoms with Crippen molar-refractivity contribution in [3.8, 4) is 11.3 Å². The molecule has 2 aromatic carbocycles. The van der Waals surface area contributed by atoms with Gasteiger partial charge in [-0.05, 0) is 23.6 Å². The van der Waals surface area contributed by atoms with Gasteiger partial charge in [-0.25, -0.2) is 4.98 Å². The normalized spacial score (nSPS) is 11.1. The van der Waals surface area contributed by atoms with Gasteiger partial charge in [0.25, 0.3) is 0 Å². The van der Waals surface area contributed by atoms with E-state index in [0.717, 1.165) is 40.5 Å². The summed E-state index contributed by atoms with van der Waals surface area (Å²) in [5.74, 6) is 0. The van der Waals surface area contributed by atoms with Crippen molar-refractivity contribution in [1.29, 1.82) is 0 Å². The van der Waals surface area contributed by atoms with Gasteiger partial charge in [0, 0.05) is 17.6 Å². The third-order valence-electron chi connectivity index (χ3n) is 4.06. The number of anilines is 1. The molecule has 1 N–H and O–H groups in total. The van der Waals surface area contributed by atoms with Crippen LogP contribution in [0.5, 0.6) is 0 Å². The Bertz CT molecular complexity index is 846. The van der Waals surface area contributed by atoms with Crippen LogP contribution in [0.1, 0.15) is 37.3 Å². The largest absolute Gasteiger partial charge is 0.377 e. The number of nitrogens with one attached hydrogen (secondary N) is 1. The third-order valence-corrected chi connectivity index (χ3v) is 4.81. The molecule has 0 atom stereocenters. The molecular weight excluding hydrogens is 354 g/mol. The van der Waals surface area contributed by atoms with E-state index in [9.17, 15) is 0 Å². The predicted octanol–water partition coefficient (Wildman–Crippen LogP) is 5.96. The fourth-order valence-corrected chi connectivity index (χ4v) is 3.30. The van der Waals surface area contributed by atoms with E-state index in [4.69, 9.17) is 4.74 Å². The average molecular weight is 380 g/mol. The van der Waals surface area contributed by atoms with Gasteiger partial charge in [-0.15, -0.1) is 11.3 Å². The van der Waals surface area contributed by atoms with Crippen LogP contribution in [0.2, 0.25) is 0 Å². The molecule has 3 rings (SSSR count). The molecule has 0 aliphatic rings. The molecule has 1 heterocycles. The standard InChI is InChI=1S/C22H25N3OS/c1-2-3-7-13-26-16-19-10-8-9-18(14-19)15-23-25-22-24-21(17-27-22)20-11-5-4-6-12-20/h4-6,8-12,14-15,17H,2-3,7,13,16H2,1H3,(H,24,25). The summed E-state index contributed by atoms with van der Waals surface area (Å²) in [4.78, 5) is 4.57. The highest BCUT2D eigenvalue weighted by Crippen LogP contribution is 2.24. The van der Waals surface area contributed by atoms with Crippen LogP contribution >= 0.6 is 11.3 Å². The Hall–Kier alpha value is -2.50. The molecule has 3 aromatic rings. The highest BCUT2D eigenvalue weighted by molar-refractivity contribution is 7.14. The highest BCUT2D eigenvalue weighted by Gasteiger charge is 2.02. The van der Waals surface area contributed by atoms with Crippen molar-refractivity contribution in [2.45, 2.75) is 32.8 Å². The summed E-state index contributed by atoms with van der Waals surface area (Å²) in [6.45, 7) is 3.66. The predicted molar refractivity (Wildman–Crippen MR) is 114 cm³/mol. The Balaban J connectivity index is 1.51. The van der Waals surface area contributed by atoms with E-state index in [-0.39, 0.29) is 0 Å². The molecule has 5 heteroatoms. The molecule has 0 bridgehead atoms. The number of hydrogen-bond donors (Lipinski definition) is 1.